The van der Waals surface area contributed by atoms with Gasteiger partial charge in [-0.1, -0.05) is 6.07 Å². The third-order valence-electron chi connectivity index (χ3n) is 3.93. The largest absolute Gasteiger partial charge is 0.454 e. The van der Waals surface area contributed by atoms with Gasteiger partial charge < -0.3 is 20.1 Å². The van der Waals surface area contributed by atoms with Crippen LogP contribution in [0.15, 0.2) is 18.2 Å². The summed E-state index contributed by atoms with van der Waals surface area (Å²) in [5.74, 6) is 2.45. The van der Waals surface area contributed by atoms with E-state index in [-0.39, 0.29) is 18.7 Å². The Bertz CT molecular complexity index is 524. The van der Waals surface area contributed by atoms with Crippen molar-refractivity contribution in [2.75, 3.05) is 25.8 Å². The van der Waals surface area contributed by atoms with Gasteiger partial charge in [0.1, 0.15) is 0 Å². The lowest BCUT2D eigenvalue weighted by Gasteiger charge is -2.27. The third kappa shape index (κ3) is 4.08. The van der Waals surface area contributed by atoms with Crippen LogP contribution in [0.1, 0.15) is 18.9 Å². The van der Waals surface area contributed by atoms with Gasteiger partial charge >= 0.3 is 0 Å². The van der Waals surface area contributed by atoms with Crippen molar-refractivity contribution in [3.63, 3.8) is 0 Å². The number of benzene rings is 1. The van der Waals surface area contributed by atoms with Crippen molar-refractivity contribution in [1.29, 1.82) is 0 Å². The van der Waals surface area contributed by atoms with Gasteiger partial charge in [0.05, 0.1) is 6.04 Å². The third-order valence-corrected chi connectivity index (χ3v) is 4.57. The van der Waals surface area contributed by atoms with E-state index in [0.717, 1.165) is 29.2 Å². The fourth-order valence-corrected chi connectivity index (χ4v) is 2.88. The van der Waals surface area contributed by atoms with Crippen molar-refractivity contribution in [2.24, 2.45) is 5.73 Å². The van der Waals surface area contributed by atoms with E-state index in [1.807, 2.05) is 38.4 Å². The number of ether oxygens (including phenoxy) is 2. The first-order valence-corrected chi connectivity index (χ1v) is 8.82. The van der Waals surface area contributed by atoms with Gasteiger partial charge in [0.15, 0.2) is 11.5 Å². The number of hydrogen-bond donors (Lipinski definition) is 1. The van der Waals surface area contributed by atoms with E-state index in [2.05, 4.69) is 0 Å². The van der Waals surface area contributed by atoms with Crippen molar-refractivity contribution < 1.29 is 14.3 Å². The Morgan fingerprint density at radius 1 is 1.41 bits per heavy atom. The molecule has 2 atom stereocenters. The summed E-state index contributed by atoms with van der Waals surface area (Å²) in [5, 5.41) is 0. The number of amides is 1. The standard InChI is InChI=1S/C16H24N2O3S/c1-11(18(2)16(19)13(17)6-7-22-3)8-12-4-5-14-15(9-12)21-10-20-14/h4-5,9,11,13H,6-8,10,17H2,1-3H3/t11-,13-/m0/s1. The molecule has 2 rings (SSSR count). The quantitative estimate of drug-likeness (QED) is 0.830. The Hall–Kier alpha value is -1.40. The molecule has 0 unspecified atom stereocenters. The molecule has 0 fully saturated rings. The number of thioether (sulfide) groups is 1. The van der Waals surface area contributed by atoms with Crippen molar-refractivity contribution >= 4 is 17.7 Å². The van der Waals surface area contributed by atoms with Crippen molar-refractivity contribution in [2.45, 2.75) is 31.8 Å². The van der Waals surface area contributed by atoms with Gasteiger partial charge in [-0.2, -0.15) is 11.8 Å². The normalized spacial score (nSPS) is 15.5. The molecule has 1 aliphatic rings. The van der Waals surface area contributed by atoms with Gasteiger partial charge in [0.25, 0.3) is 0 Å². The van der Waals surface area contributed by atoms with Crippen LogP contribution in [-0.2, 0) is 11.2 Å². The number of likely N-dealkylation sites (N-methyl/N-ethyl adjacent to an activating group) is 1. The van der Waals surface area contributed by atoms with Gasteiger partial charge in [0, 0.05) is 13.1 Å². The number of fused-ring (bicyclic) bond motifs is 1. The highest BCUT2D eigenvalue weighted by Gasteiger charge is 2.22. The summed E-state index contributed by atoms with van der Waals surface area (Å²) in [6.07, 6.45) is 3.48. The summed E-state index contributed by atoms with van der Waals surface area (Å²) in [4.78, 5) is 14.1. The Morgan fingerprint density at radius 3 is 2.86 bits per heavy atom. The van der Waals surface area contributed by atoms with Crippen LogP contribution in [0.4, 0.5) is 0 Å². The molecule has 0 saturated carbocycles. The monoisotopic (exact) mass is 324 g/mol. The summed E-state index contributed by atoms with van der Waals surface area (Å²) in [5.41, 5.74) is 7.09. The highest BCUT2D eigenvalue weighted by Crippen LogP contribution is 2.32. The number of nitrogens with two attached hydrogens (primary N) is 1. The predicted molar refractivity (Wildman–Crippen MR) is 89.5 cm³/mol. The predicted octanol–water partition coefficient (Wildman–Crippen LogP) is 1.89. The Balaban J connectivity index is 1.93. The first-order valence-electron chi connectivity index (χ1n) is 7.42. The molecule has 1 heterocycles. The number of rotatable bonds is 7. The topological polar surface area (TPSA) is 64.8 Å². The molecule has 0 aromatic heterocycles. The molecule has 1 amide bonds. The maximum Gasteiger partial charge on any atom is 0.239 e. The maximum absolute atomic E-state index is 12.3. The Labute approximate surface area is 136 Å². The van der Waals surface area contributed by atoms with Crippen molar-refractivity contribution in [3.05, 3.63) is 23.8 Å². The molecule has 22 heavy (non-hydrogen) atoms. The highest BCUT2D eigenvalue weighted by molar-refractivity contribution is 7.98. The van der Waals surface area contributed by atoms with Gasteiger partial charge in [-0.05, 0) is 49.5 Å². The Kier molecular flexibility index (Phi) is 5.97. The first-order chi connectivity index (χ1) is 10.5. The lowest BCUT2D eigenvalue weighted by molar-refractivity contribution is -0.133. The number of nitrogens with zero attached hydrogens (tertiary/aromatic N) is 1. The number of hydrogen-bond acceptors (Lipinski definition) is 5. The molecule has 1 aromatic carbocycles. The minimum Gasteiger partial charge on any atom is -0.454 e. The smallest absolute Gasteiger partial charge is 0.239 e. The van der Waals surface area contributed by atoms with Crippen LogP contribution in [0.25, 0.3) is 0 Å². The van der Waals surface area contributed by atoms with Crippen LogP contribution in [0.2, 0.25) is 0 Å². The zero-order valence-electron chi connectivity index (χ0n) is 13.4. The fourth-order valence-electron chi connectivity index (χ4n) is 2.39. The summed E-state index contributed by atoms with van der Waals surface area (Å²) >= 11 is 1.70. The van der Waals surface area contributed by atoms with Crippen LogP contribution < -0.4 is 15.2 Å². The molecule has 1 aromatic rings. The fraction of sp³-hybridized carbons (Fsp3) is 0.562. The summed E-state index contributed by atoms with van der Waals surface area (Å²) in [7, 11) is 1.82. The van der Waals surface area contributed by atoms with Gasteiger partial charge in [0.2, 0.25) is 12.7 Å². The lowest BCUT2D eigenvalue weighted by Crippen LogP contribution is -2.46. The van der Waals surface area contributed by atoms with E-state index >= 15 is 0 Å². The highest BCUT2D eigenvalue weighted by atomic mass is 32.2. The van der Waals surface area contributed by atoms with Gasteiger partial charge in [-0.25, -0.2) is 0 Å². The van der Waals surface area contributed by atoms with E-state index in [9.17, 15) is 4.79 Å². The van der Waals surface area contributed by atoms with Gasteiger partial charge in [-0.3, -0.25) is 4.79 Å². The molecule has 0 saturated heterocycles. The number of carbonyl (C=O) groups excluding carboxylic acids is 1. The minimum absolute atomic E-state index is 0.00212. The molecule has 0 spiro atoms. The molecular formula is C16H24N2O3S. The van der Waals surface area contributed by atoms with E-state index in [1.165, 1.54) is 0 Å². The SMILES string of the molecule is CSCC[C@H](N)C(=O)N(C)[C@@H](C)Cc1ccc2c(c1)OCO2. The second-order valence-electron chi connectivity index (χ2n) is 5.58. The minimum atomic E-state index is -0.420. The lowest BCUT2D eigenvalue weighted by atomic mass is 10.0. The van der Waals surface area contributed by atoms with Crippen LogP contribution >= 0.6 is 11.8 Å². The molecule has 2 N–H and O–H groups in total. The van der Waals surface area contributed by atoms with E-state index in [0.29, 0.717) is 6.42 Å². The zero-order chi connectivity index (χ0) is 16.1. The summed E-state index contributed by atoms with van der Waals surface area (Å²) in [6.45, 7) is 2.31. The van der Waals surface area contributed by atoms with Crippen LogP contribution in [-0.4, -0.2) is 48.7 Å². The maximum atomic E-state index is 12.3. The van der Waals surface area contributed by atoms with Crippen LogP contribution in [0, 0.1) is 0 Å². The average molecular weight is 324 g/mol. The van der Waals surface area contributed by atoms with E-state index in [4.69, 9.17) is 15.2 Å². The zero-order valence-corrected chi connectivity index (χ0v) is 14.2. The van der Waals surface area contributed by atoms with Crippen molar-refractivity contribution in [1.82, 2.24) is 4.90 Å². The van der Waals surface area contributed by atoms with Crippen molar-refractivity contribution in [3.8, 4) is 11.5 Å². The molecule has 1 aliphatic heterocycles. The van der Waals surface area contributed by atoms with E-state index < -0.39 is 6.04 Å². The summed E-state index contributed by atoms with van der Waals surface area (Å²) in [6, 6.07) is 5.56. The second kappa shape index (κ2) is 7.74. The molecular weight excluding hydrogens is 300 g/mol. The molecule has 5 nitrogen and oxygen atoms in total. The second-order valence-corrected chi connectivity index (χ2v) is 6.56. The first kappa shape index (κ1) is 17.0. The average Bonchev–Trinajstić information content (AvgIpc) is 2.98. The van der Waals surface area contributed by atoms with E-state index in [1.54, 1.807) is 16.7 Å². The molecule has 122 valence electrons. The Morgan fingerprint density at radius 2 is 2.14 bits per heavy atom. The molecule has 0 bridgehead atoms. The molecule has 6 heteroatoms. The van der Waals surface area contributed by atoms with Crippen LogP contribution in [0.5, 0.6) is 11.5 Å². The molecule has 0 radical (unpaired) electrons. The summed E-state index contributed by atoms with van der Waals surface area (Å²) < 4.78 is 10.7. The van der Waals surface area contributed by atoms with Crippen LogP contribution in [0.3, 0.4) is 0 Å². The number of carbonyl (C=O) groups is 1. The van der Waals surface area contributed by atoms with Gasteiger partial charge in [-0.15, -0.1) is 0 Å². The molecule has 0 aliphatic carbocycles.